The molecule has 2 N–H and O–H groups in total. The van der Waals surface area contributed by atoms with Gasteiger partial charge in [0.1, 0.15) is 0 Å². The predicted octanol–water partition coefficient (Wildman–Crippen LogP) is 3.31. The smallest absolute Gasteiger partial charge is 0.303 e. The lowest BCUT2D eigenvalue weighted by Crippen LogP contribution is -2.67. The number of carboxylic acids is 2. The molecular formula is C26H34O7Si. The molecule has 0 saturated carbocycles. The number of rotatable bonds is 12. The van der Waals surface area contributed by atoms with E-state index in [-0.39, 0.29) is 31.1 Å². The van der Waals surface area contributed by atoms with Gasteiger partial charge < -0.3 is 19.4 Å². The zero-order chi connectivity index (χ0) is 25.4. The highest BCUT2D eigenvalue weighted by Gasteiger charge is 2.50. The maximum absolute atomic E-state index is 11.7. The molecule has 7 nitrogen and oxygen atoms in total. The van der Waals surface area contributed by atoms with Crippen LogP contribution >= 0.6 is 0 Å². The van der Waals surface area contributed by atoms with Crippen LogP contribution in [0.4, 0.5) is 0 Å². The van der Waals surface area contributed by atoms with Crippen molar-refractivity contribution in [3.05, 3.63) is 60.7 Å². The molecule has 2 aromatic carbocycles. The minimum atomic E-state index is -2.94. The van der Waals surface area contributed by atoms with Crippen molar-refractivity contribution in [2.75, 3.05) is 13.2 Å². The van der Waals surface area contributed by atoms with Crippen molar-refractivity contribution in [3.63, 3.8) is 0 Å². The standard InChI is InChI=1S/C26H34O7Si/c1-19(27)32-17-20(15-24(28)29)21(16-25(30)31)18-33-34(26(2,3)4,22-11-7-5-8-12-22)23-13-9-6-10-14-23/h5-14,20-21H,15-18H2,1-4H3,(H,28,29)(H,30,31)/t20-,21+/m1/s1. The number of benzene rings is 2. The fourth-order valence-electron chi connectivity index (χ4n) is 4.39. The van der Waals surface area contributed by atoms with Gasteiger partial charge in [-0.05, 0) is 21.3 Å². The van der Waals surface area contributed by atoms with E-state index in [1.54, 1.807) is 0 Å². The van der Waals surface area contributed by atoms with Crippen LogP contribution in [0.2, 0.25) is 5.04 Å². The number of carbonyl (C=O) groups is 3. The van der Waals surface area contributed by atoms with Crippen LogP contribution in [0, 0.1) is 11.8 Å². The minimum Gasteiger partial charge on any atom is -0.481 e. The van der Waals surface area contributed by atoms with Crippen LogP contribution in [0.15, 0.2) is 60.7 Å². The average molecular weight is 487 g/mol. The van der Waals surface area contributed by atoms with E-state index in [4.69, 9.17) is 9.16 Å². The Kier molecular flexibility index (Phi) is 9.58. The van der Waals surface area contributed by atoms with Gasteiger partial charge in [0.25, 0.3) is 8.32 Å². The van der Waals surface area contributed by atoms with Crippen LogP contribution in [0.1, 0.15) is 40.5 Å². The third-order valence-corrected chi connectivity index (χ3v) is 11.0. The summed E-state index contributed by atoms with van der Waals surface area (Å²) in [4.78, 5) is 34.6. The molecule has 0 spiro atoms. The Bertz CT molecular complexity index is 915. The molecule has 2 rings (SSSR count). The molecule has 0 unspecified atom stereocenters. The van der Waals surface area contributed by atoms with Crippen molar-refractivity contribution in [2.45, 2.75) is 45.6 Å². The van der Waals surface area contributed by atoms with Gasteiger partial charge in [0.05, 0.1) is 19.4 Å². The molecule has 0 bridgehead atoms. The lowest BCUT2D eigenvalue weighted by molar-refractivity contribution is -0.148. The maximum atomic E-state index is 11.7. The van der Waals surface area contributed by atoms with Crippen molar-refractivity contribution in [2.24, 2.45) is 11.8 Å². The van der Waals surface area contributed by atoms with Crippen LogP contribution in [-0.2, 0) is 23.5 Å². The van der Waals surface area contributed by atoms with Gasteiger partial charge in [-0.1, -0.05) is 81.4 Å². The first kappa shape index (κ1) is 27.3. The van der Waals surface area contributed by atoms with Crippen molar-refractivity contribution in [1.82, 2.24) is 0 Å². The summed E-state index contributed by atoms with van der Waals surface area (Å²) in [6.45, 7) is 7.42. The molecule has 0 radical (unpaired) electrons. The number of esters is 1. The molecular weight excluding hydrogens is 452 g/mol. The van der Waals surface area contributed by atoms with Crippen LogP contribution in [0.5, 0.6) is 0 Å². The topological polar surface area (TPSA) is 110 Å². The summed E-state index contributed by atoms with van der Waals surface area (Å²) in [6.07, 6.45) is -0.618. The second-order valence-electron chi connectivity index (χ2n) is 9.49. The van der Waals surface area contributed by atoms with Crippen LogP contribution in [0.25, 0.3) is 0 Å². The second-order valence-corrected chi connectivity index (χ2v) is 13.8. The quantitative estimate of drug-likeness (QED) is 0.350. The summed E-state index contributed by atoms with van der Waals surface area (Å²) in [6, 6.07) is 19.8. The summed E-state index contributed by atoms with van der Waals surface area (Å²) in [5.74, 6) is -4.05. The fraction of sp³-hybridized carbons (Fsp3) is 0.423. The Labute approximate surface area is 201 Å². The van der Waals surface area contributed by atoms with Gasteiger partial charge in [-0.15, -0.1) is 0 Å². The van der Waals surface area contributed by atoms with E-state index in [0.717, 1.165) is 10.4 Å². The lowest BCUT2D eigenvalue weighted by Gasteiger charge is -2.44. The molecule has 2 aromatic rings. The molecule has 0 aliphatic heterocycles. The van der Waals surface area contributed by atoms with Crippen LogP contribution < -0.4 is 10.4 Å². The zero-order valence-corrected chi connectivity index (χ0v) is 21.2. The van der Waals surface area contributed by atoms with E-state index in [1.165, 1.54) is 6.92 Å². The summed E-state index contributed by atoms with van der Waals surface area (Å²) in [7, 11) is -2.94. The lowest BCUT2D eigenvalue weighted by atomic mass is 9.88. The van der Waals surface area contributed by atoms with Gasteiger partial charge in [-0.3, -0.25) is 14.4 Å². The average Bonchev–Trinajstić information content (AvgIpc) is 2.76. The molecule has 0 fully saturated rings. The Hall–Kier alpha value is -2.97. The molecule has 2 atom stereocenters. The number of hydrogen-bond acceptors (Lipinski definition) is 5. The fourth-order valence-corrected chi connectivity index (χ4v) is 9.01. The highest BCUT2D eigenvalue weighted by molar-refractivity contribution is 6.99. The van der Waals surface area contributed by atoms with Crippen LogP contribution in [-0.4, -0.2) is 49.7 Å². The Morgan fingerprint density at radius 2 is 1.21 bits per heavy atom. The monoisotopic (exact) mass is 486 g/mol. The number of carboxylic acid groups (broad SMARTS) is 2. The van der Waals surface area contributed by atoms with E-state index in [2.05, 4.69) is 20.8 Å². The number of hydrogen-bond donors (Lipinski definition) is 2. The number of carbonyl (C=O) groups excluding carboxylic acids is 1. The summed E-state index contributed by atoms with van der Waals surface area (Å²) >= 11 is 0. The molecule has 0 aromatic heterocycles. The summed E-state index contributed by atoms with van der Waals surface area (Å²) in [5, 5.41) is 20.8. The first-order valence-electron chi connectivity index (χ1n) is 11.3. The molecule has 0 saturated heterocycles. The van der Waals surface area contributed by atoms with E-state index < -0.39 is 38.1 Å². The molecule has 0 aliphatic rings. The van der Waals surface area contributed by atoms with Crippen molar-refractivity contribution in [3.8, 4) is 0 Å². The molecule has 34 heavy (non-hydrogen) atoms. The predicted molar refractivity (Wildman–Crippen MR) is 132 cm³/mol. The van der Waals surface area contributed by atoms with E-state index in [1.807, 2.05) is 60.7 Å². The third-order valence-electron chi connectivity index (χ3n) is 5.97. The molecule has 0 aliphatic carbocycles. The summed E-state index contributed by atoms with van der Waals surface area (Å²) < 4.78 is 11.9. The number of aliphatic carboxylic acids is 2. The molecule has 0 heterocycles. The second kappa shape index (κ2) is 11.9. The summed E-state index contributed by atoms with van der Waals surface area (Å²) in [5.41, 5.74) is 0. The first-order valence-corrected chi connectivity index (χ1v) is 13.2. The highest BCUT2D eigenvalue weighted by atomic mass is 28.4. The Balaban J connectivity index is 2.53. The van der Waals surface area contributed by atoms with E-state index >= 15 is 0 Å². The van der Waals surface area contributed by atoms with Gasteiger partial charge >= 0.3 is 17.9 Å². The van der Waals surface area contributed by atoms with Gasteiger partial charge in [-0.2, -0.15) is 0 Å². The van der Waals surface area contributed by atoms with E-state index in [9.17, 15) is 24.6 Å². The highest BCUT2D eigenvalue weighted by Crippen LogP contribution is 2.37. The largest absolute Gasteiger partial charge is 0.481 e. The Morgan fingerprint density at radius 1 is 0.794 bits per heavy atom. The van der Waals surface area contributed by atoms with Gasteiger partial charge in [0.2, 0.25) is 0 Å². The maximum Gasteiger partial charge on any atom is 0.303 e. The normalized spacial score (nSPS) is 13.6. The third kappa shape index (κ3) is 7.01. The molecule has 184 valence electrons. The van der Waals surface area contributed by atoms with Crippen molar-refractivity contribution < 1.29 is 33.8 Å². The van der Waals surface area contributed by atoms with Crippen molar-refractivity contribution in [1.29, 1.82) is 0 Å². The SMILES string of the molecule is CC(=O)OC[C@@H](CC(=O)O)[C@H](CO[Si](c1ccccc1)(c1ccccc1)C(C)(C)C)CC(=O)O. The zero-order valence-electron chi connectivity index (χ0n) is 20.2. The first-order chi connectivity index (χ1) is 16.0. The molecule has 0 amide bonds. The Morgan fingerprint density at radius 3 is 1.56 bits per heavy atom. The van der Waals surface area contributed by atoms with Gasteiger partial charge in [0.15, 0.2) is 0 Å². The molecule has 8 heteroatoms. The minimum absolute atomic E-state index is 0.0266. The number of ether oxygens (including phenoxy) is 1. The van der Waals surface area contributed by atoms with E-state index in [0.29, 0.717) is 0 Å². The van der Waals surface area contributed by atoms with Crippen molar-refractivity contribution >= 4 is 36.6 Å². The van der Waals surface area contributed by atoms with Gasteiger partial charge in [0, 0.05) is 19.4 Å². The van der Waals surface area contributed by atoms with Crippen LogP contribution in [0.3, 0.4) is 0 Å². The van der Waals surface area contributed by atoms with Gasteiger partial charge in [-0.25, -0.2) is 0 Å².